The molecule has 2 aliphatic rings. The average Bonchev–Trinajstić information content (AvgIpc) is 3.35. The van der Waals surface area contributed by atoms with Gasteiger partial charge in [0, 0.05) is 42.0 Å². The molecule has 0 amide bonds. The normalized spacial score (nSPS) is 17.4. The number of carboxylic acid groups (broad SMARTS) is 1. The van der Waals surface area contributed by atoms with Gasteiger partial charge in [0.15, 0.2) is 11.4 Å². The van der Waals surface area contributed by atoms with Crippen molar-refractivity contribution in [3.05, 3.63) is 82.9 Å². The number of carbonyl (C=O) groups is 2. The Kier molecular flexibility index (Phi) is 6.31. The summed E-state index contributed by atoms with van der Waals surface area (Å²) in [4.78, 5) is 38.5. The van der Waals surface area contributed by atoms with Crippen LogP contribution in [-0.2, 0) is 16.0 Å². The number of imidazole rings is 1. The maximum atomic E-state index is 12.7. The molecule has 6 rings (SSSR count). The molecule has 2 aliphatic carbocycles. The van der Waals surface area contributed by atoms with E-state index in [4.69, 9.17) is 4.98 Å². The molecule has 3 heterocycles. The first-order chi connectivity index (χ1) is 18.5. The van der Waals surface area contributed by atoms with Gasteiger partial charge < -0.3 is 10.4 Å². The first-order valence-corrected chi connectivity index (χ1v) is 13.5. The number of fused-ring (bicyclic) bond motifs is 1. The van der Waals surface area contributed by atoms with Crippen molar-refractivity contribution in [2.24, 2.45) is 5.41 Å². The van der Waals surface area contributed by atoms with Gasteiger partial charge in [-0.2, -0.15) is 0 Å². The summed E-state index contributed by atoms with van der Waals surface area (Å²) in [5.41, 5.74) is 4.31. The molecule has 1 saturated carbocycles. The van der Waals surface area contributed by atoms with Crippen LogP contribution in [-0.4, -0.2) is 42.4 Å². The zero-order valence-electron chi connectivity index (χ0n) is 20.6. The molecular formula is C29H26BrN5O3. The third-order valence-electron chi connectivity index (χ3n) is 7.63. The molecule has 0 saturated heterocycles. The number of nitrogens with zero attached hydrogens (tertiary/aromatic N) is 4. The molecule has 0 aliphatic heterocycles. The lowest BCUT2D eigenvalue weighted by Crippen LogP contribution is -2.53. The summed E-state index contributed by atoms with van der Waals surface area (Å²) >= 11 is 3.40. The van der Waals surface area contributed by atoms with Crippen molar-refractivity contribution in [1.82, 2.24) is 24.8 Å². The zero-order chi connectivity index (χ0) is 26.3. The molecule has 3 aromatic heterocycles. The van der Waals surface area contributed by atoms with Crippen molar-refractivity contribution in [3.63, 3.8) is 0 Å². The zero-order valence-corrected chi connectivity index (χ0v) is 22.2. The van der Waals surface area contributed by atoms with Gasteiger partial charge in [0.2, 0.25) is 0 Å². The predicted octanol–water partition coefficient (Wildman–Crippen LogP) is 5.21. The molecule has 9 heteroatoms. The summed E-state index contributed by atoms with van der Waals surface area (Å²) in [6.45, 7) is 0. The van der Waals surface area contributed by atoms with Gasteiger partial charge in [0.05, 0.1) is 9.90 Å². The molecular weight excluding hydrogens is 546 g/mol. The number of benzene rings is 1. The molecule has 4 aromatic rings. The minimum absolute atomic E-state index is 0.0961. The van der Waals surface area contributed by atoms with Crippen LogP contribution < -0.4 is 5.32 Å². The van der Waals surface area contributed by atoms with E-state index in [1.807, 2.05) is 53.1 Å². The molecule has 192 valence electrons. The monoisotopic (exact) mass is 571 g/mol. The van der Waals surface area contributed by atoms with Gasteiger partial charge >= 0.3 is 5.97 Å². The number of nitrogens with one attached hydrogen (secondary N) is 1. The number of pyridine rings is 2. The number of hydrogen-bond donors (Lipinski definition) is 2. The Morgan fingerprint density at radius 2 is 1.84 bits per heavy atom. The van der Waals surface area contributed by atoms with Crippen molar-refractivity contribution in [3.8, 4) is 17.1 Å². The molecule has 1 aromatic carbocycles. The summed E-state index contributed by atoms with van der Waals surface area (Å²) in [6, 6.07) is 14.5. The van der Waals surface area contributed by atoms with Crippen molar-refractivity contribution in [2.75, 3.05) is 0 Å². The van der Waals surface area contributed by atoms with Crippen molar-refractivity contribution in [1.29, 1.82) is 0 Å². The minimum atomic E-state index is -0.948. The summed E-state index contributed by atoms with van der Waals surface area (Å²) in [5, 5.41) is 13.2. The Morgan fingerprint density at radius 1 is 1.08 bits per heavy atom. The fourth-order valence-corrected chi connectivity index (χ4v) is 6.53. The van der Waals surface area contributed by atoms with E-state index in [-0.39, 0.29) is 12.2 Å². The smallest absolute Gasteiger partial charge is 0.326 e. The maximum Gasteiger partial charge on any atom is 0.326 e. The third kappa shape index (κ3) is 4.11. The van der Waals surface area contributed by atoms with Crippen LogP contribution in [0.2, 0.25) is 0 Å². The highest BCUT2D eigenvalue weighted by atomic mass is 79.9. The molecule has 2 N–H and O–H groups in total. The number of rotatable bonds is 7. The average molecular weight is 572 g/mol. The van der Waals surface area contributed by atoms with Crippen LogP contribution in [0.5, 0.6) is 0 Å². The molecule has 1 fully saturated rings. The van der Waals surface area contributed by atoms with Crippen LogP contribution in [0, 0.1) is 5.41 Å². The fourth-order valence-electron chi connectivity index (χ4n) is 5.66. The lowest BCUT2D eigenvalue weighted by Gasteiger charge is -2.46. The molecule has 0 unspecified atom stereocenters. The number of Topliss-reactive ketones (excluding diaryl/α,β-unsaturated/α-hetero) is 1. The first kappa shape index (κ1) is 24.5. The fraction of sp³-hybridized carbons (Fsp3) is 0.276. The van der Waals surface area contributed by atoms with Crippen LogP contribution in [0.3, 0.4) is 0 Å². The van der Waals surface area contributed by atoms with E-state index in [9.17, 15) is 14.7 Å². The Balaban J connectivity index is 1.28. The maximum absolute atomic E-state index is 12.7. The largest absolute Gasteiger partial charge is 0.480 e. The summed E-state index contributed by atoms with van der Waals surface area (Å²) in [6.07, 6.45) is 10.1. The van der Waals surface area contributed by atoms with Crippen LogP contribution >= 0.6 is 15.9 Å². The van der Waals surface area contributed by atoms with Gasteiger partial charge in [0.25, 0.3) is 0 Å². The highest BCUT2D eigenvalue weighted by Crippen LogP contribution is 2.53. The van der Waals surface area contributed by atoms with Gasteiger partial charge in [-0.1, -0.05) is 31.4 Å². The Morgan fingerprint density at radius 3 is 2.55 bits per heavy atom. The minimum Gasteiger partial charge on any atom is -0.480 e. The number of carboxylic acids is 1. The number of halogens is 1. The topological polar surface area (TPSA) is 110 Å². The van der Waals surface area contributed by atoms with Crippen LogP contribution in [0.25, 0.3) is 28.2 Å². The second-order valence-corrected chi connectivity index (χ2v) is 10.7. The summed E-state index contributed by atoms with van der Waals surface area (Å²) in [7, 11) is 0. The number of ketones is 1. The highest BCUT2D eigenvalue weighted by molar-refractivity contribution is 9.12. The standard InChI is InChI=1S/C29H26BrN5O3/c30-23-24(29(25(23)36)12-2-1-3-13-29)33-22(28(37)38)16-18-8-10-20(11-9-18)35-26(19-6-4-14-31-17-19)34-21-7-5-15-32-27(21)35/h4-11,14-15,17,22,33H,1-3,12-13,16H2,(H,37,38)/t22-/m0/s1. The van der Waals surface area contributed by atoms with E-state index in [1.165, 1.54) is 0 Å². The van der Waals surface area contributed by atoms with E-state index in [2.05, 4.69) is 31.2 Å². The lowest BCUT2D eigenvalue weighted by molar-refractivity contribution is -0.140. The van der Waals surface area contributed by atoms with Gasteiger partial charge in [-0.25, -0.2) is 14.8 Å². The molecule has 1 spiro atoms. The Hall–Kier alpha value is -3.85. The lowest BCUT2D eigenvalue weighted by atomic mass is 9.62. The summed E-state index contributed by atoms with van der Waals surface area (Å²) < 4.78 is 2.47. The third-order valence-corrected chi connectivity index (χ3v) is 8.38. The van der Waals surface area contributed by atoms with Crippen molar-refractivity contribution in [2.45, 2.75) is 44.6 Å². The van der Waals surface area contributed by atoms with Gasteiger partial charge in [0.1, 0.15) is 17.4 Å². The predicted molar refractivity (Wildman–Crippen MR) is 147 cm³/mol. The molecule has 38 heavy (non-hydrogen) atoms. The van der Waals surface area contributed by atoms with Gasteiger partial charge in [-0.15, -0.1) is 0 Å². The van der Waals surface area contributed by atoms with Crippen molar-refractivity contribution >= 4 is 38.8 Å². The number of aliphatic carboxylic acids is 1. The molecule has 0 bridgehead atoms. The second-order valence-electron chi connectivity index (χ2n) is 9.93. The number of carbonyl (C=O) groups excluding carboxylic acids is 1. The Bertz CT molecular complexity index is 1560. The van der Waals surface area contributed by atoms with Gasteiger partial charge in [-0.3, -0.25) is 14.3 Å². The number of allylic oxidation sites excluding steroid dienone is 2. The quantitative estimate of drug-likeness (QED) is 0.313. The van der Waals surface area contributed by atoms with Crippen LogP contribution in [0.15, 0.2) is 77.3 Å². The van der Waals surface area contributed by atoms with Crippen molar-refractivity contribution < 1.29 is 14.7 Å². The van der Waals surface area contributed by atoms with E-state index < -0.39 is 17.4 Å². The van der Waals surface area contributed by atoms with E-state index in [0.717, 1.165) is 71.6 Å². The van der Waals surface area contributed by atoms with E-state index in [0.29, 0.717) is 4.48 Å². The Labute approximate surface area is 228 Å². The van der Waals surface area contributed by atoms with E-state index >= 15 is 0 Å². The second kappa shape index (κ2) is 9.79. The SMILES string of the molecule is O=C(O)[C@H](Cc1ccc(-n2c(-c3cccnc3)nc3cccnc32)cc1)NC1=C(Br)C(=O)C12CCCCC2. The van der Waals surface area contributed by atoms with Gasteiger partial charge in [-0.05, 0) is 70.7 Å². The number of aromatic nitrogens is 4. The molecule has 1 atom stereocenters. The van der Waals surface area contributed by atoms with Crippen LogP contribution in [0.4, 0.5) is 0 Å². The highest BCUT2D eigenvalue weighted by Gasteiger charge is 2.53. The van der Waals surface area contributed by atoms with Crippen LogP contribution in [0.1, 0.15) is 37.7 Å². The molecule has 0 radical (unpaired) electrons. The molecule has 8 nitrogen and oxygen atoms in total. The number of hydrogen-bond acceptors (Lipinski definition) is 6. The first-order valence-electron chi connectivity index (χ1n) is 12.8. The summed E-state index contributed by atoms with van der Waals surface area (Å²) in [5.74, 6) is -0.122. The van der Waals surface area contributed by atoms with E-state index in [1.54, 1.807) is 18.6 Å².